The molecular weight excluding hydrogens is 378 g/mol. The van der Waals surface area contributed by atoms with Crippen LogP contribution in [-0.4, -0.2) is 38.1 Å². The summed E-state index contributed by atoms with van der Waals surface area (Å²) >= 11 is 9.23. The van der Waals surface area contributed by atoms with Gasteiger partial charge in [0.25, 0.3) is 5.91 Å². The van der Waals surface area contributed by atoms with Crippen molar-refractivity contribution in [3.8, 4) is 0 Å². The fraction of sp³-hybridized carbons (Fsp3) is 0.357. The monoisotopic (exact) mass is 391 g/mol. The number of hydrogen-bond donors (Lipinski definition) is 1. The number of carbonyl (C=O) groups excluding carboxylic acids is 3. The predicted molar refractivity (Wildman–Crippen MR) is 83.7 cm³/mol. The summed E-state index contributed by atoms with van der Waals surface area (Å²) in [4.78, 5) is 35.0. The highest BCUT2D eigenvalue weighted by molar-refractivity contribution is 9.10. The third-order valence-electron chi connectivity index (χ3n) is 2.83. The van der Waals surface area contributed by atoms with E-state index in [0.717, 1.165) is 4.47 Å². The first-order valence-electron chi connectivity index (χ1n) is 6.29. The van der Waals surface area contributed by atoms with Gasteiger partial charge in [0, 0.05) is 10.9 Å². The zero-order valence-electron chi connectivity index (χ0n) is 12.0. The summed E-state index contributed by atoms with van der Waals surface area (Å²) < 4.78 is 9.85. The Hall–Kier alpha value is -1.60. The van der Waals surface area contributed by atoms with Crippen molar-refractivity contribution in [1.29, 1.82) is 0 Å². The molecule has 8 heteroatoms. The van der Waals surface area contributed by atoms with E-state index in [9.17, 15) is 14.4 Å². The minimum Gasteiger partial charge on any atom is -0.469 e. The summed E-state index contributed by atoms with van der Waals surface area (Å²) in [6, 6.07) is 3.79. The lowest BCUT2D eigenvalue weighted by Crippen LogP contribution is -2.42. The van der Waals surface area contributed by atoms with Crippen molar-refractivity contribution in [2.45, 2.75) is 18.9 Å². The maximum absolute atomic E-state index is 12.2. The van der Waals surface area contributed by atoms with Gasteiger partial charge in [-0.3, -0.25) is 9.59 Å². The minimum absolute atomic E-state index is 0.0232. The highest BCUT2D eigenvalue weighted by atomic mass is 79.9. The van der Waals surface area contributed by atoms with Gasteiger partial charge in [-0.2, -0.15) is 0 Å². The molecule has 0 aliphatic rings. The van der Waals surface area contributed by atoms with Crippen LogP contribution in [0.15, 0.2) is 22.7 Å². The van der Waals surface area contributed by atoms with Gasteiger partial charge >= 0.3 is 11.9 Å². The normalized spacial score (nSPS) is 11.5. The van der Waals surface area contributed by atoms with E-state index in [0.29, 0.717) is 0 Å². The second-order valence-corrected chi connectivity index (χ2v) is 5.61. The zero-order valence-corrected chi connectivity index (χ0v) is 14.4. The summed E-state index contributed by atoms with van der Waals surface area (Å²) in [5.74, 6) is -1.66. The number of carbonyl (C=O) groups is 3. The first-order chi connectivity index (χ1) is 10.4. The van der Waals surface area contributed by atoms with Gasteiger partial charge in [0.15, 0.2) is 0 Å². The van der Waals surface area contributed by atoms with Crippen molar-refractivity contribution in [3.63, 3.8) is 0 Å². The second-order valence-electron chi connectivity index (χ2n) is 4.29. The van der Waals surface area contributed by atoms with Crippen LogP contribution in [0, 0.1) is 0 Å². The molecule has 0 aromatic heterocycles. The van der Waals surface area contributed by atoms with Crippen LogP contribution < -0.4 is 5.32 Å². The maximum atomic E-state index is 12.2. The number of methoxy groups -OCH3 is 2. The number of hydrogen-bond acceptors (Lipinski definition) is 5. The lowest BCUT2D eigenvalue weighted by Gasteiger charge is -2.16. The van der Waals surface area contributed by atoms with Gasteiger partial charge in [0.1, 0.15) is 6.04 Å². The van der Waals surface area contributed by atoms with Crippen LogP contribution in [0.5, 0.6) is 0 Å². The Labute approximate surface area is 141 Å². The molecule has 0 saturated heterocycles. The molecule has 1 amide bonds. The number of esters is 2. The number of rotatable bonds is 6. The number of amides is 1. The van der Waals surface area contributed by atoms with E-state index in [2.05, 4.69) is 30.7 Å². The van der Waals surface area contributed by atoms with Gasteiger partial charge in [-0.05, 0) is 24.6 Å². The van der Waals surface area contributed by atoms with E-state index in [1.165, 1.54) is 20.3 Å². The van der Waals surface area contributed by atoms with Gasteiger partial charge in [0.05, 0.1) is 24.8 Å². The minimum atomic E-state index is -0.962. The molecule has 0 bridgehead atoms. The molecule has 0 heterocycles. The lowest BCUT2D eigenvalue weighted by atomic mass is 10.1. The molecule has 22 heavy (non-hydrogen) atoms. The molecule has 0 fully saturated rings. The van der Waals surface area contributed by atoms with Gasteiger partial charge in [-0.1, -0.05) is 27.5 Å². The van der Waals surface area contributed by atoms with Gasteiger partial charge in [0.2, 0.25) is 0 Å². The topological polar surface area (TPSA) is 81.7 Å². The third kappa shape index (κ3) is 5.31. The summed E-state index contributed by atoms with van der Waals surface area (Å²) in [6.45, 7) is 0. The van der Waals surface area contributed by atoms with E-state index >= 15 is 0 Å². The van der Waals surface area contributed by atoms with Crippen LogP contribution in [0.3, 0.4) is 0 Å². The first-order valence-corrected chi connectivity index (χ1v) is 7.46. The zero-order chi connectivity index (χ0) is 16.7. The van der Waals surface area contributed by atoms with Crippen molar-refractivity contribution < 1.29 is 23.9 Å². The van der Waals surface area contributed by atoms with Crippen LogP contribution in [-0.2, 0) is 19.1 Å². The molecule has 120 valence electrons. The van der Waals surface area contributed by atoms with Crippen LogP contribution >= 0.6 is 27.5 Å². The second kappa shape index (κ2) is 8.75. The van der Waals surface area contributed by atoms with Gasteiger partial charge in [-0.25, -0.2) is 4.79 Å². The average Bonchev–Trinajstić information content (AvgIpc) is 2.49. The van der Waals surface area contributed by atoms with Crippen LogP contribution in [0.4, 0.5) is 0 Å². The van der Waals surface area contributed by atoms with Crippen molar-refractivity contribution in [2.75, 3.05) is 14.2 Å². The molecule has 0 aliphatic carbocycles. The molecule has 1 N–H and O–H groups in total. The molecule has 1 rings (SSSR count). The molecule has 0 radical (unpaired) electrons. The Morgan fingerprint density at radius 3 is 2.50 bits per heavy atom. The lowest BCUT2D eigenvalue weighted by molar-refractivity contribution is -0.144. The van der Waals surface area contributed by atoms with Crippen LogP contribution in [0.1, 0.15) is 23.2 Å². The highest BCUT2D eigenvalue weighted by Crippen LogP contribution is 2.21. The third-order valence-corrected chi connectivity index (χ3v) is 3.64. The standard InChI is InChI=1S/C14H15BrClNO5/c1-21-12(18)6-5-11(14(20)22-2)17-13(19)9-4-3-8(15)7-10(9)16/h3-4,7,11H,5-6H2,1-2H3,(H,17,19)/t11-/m1/s1. The van der Waals surface area contributed by atoms with Gasteiger partial charge in [-0.15, -0.1) is 0 Å². The van der Waals surface area contributed by atoms with Gasteiger partial charge < -0.3 is 14.8 Å². The van der Waals surface area contributed by atoms with Crippen molar-refractivity contribution in [3.05, 3.63) is 33.3 Å². The fourth-order valence-electron chi connectivity index (χ4n) is 1.67. The van der Waals surface area contributed by atoms with Crippen LogP contribution in [0.2, 0.25) is 5.02 Å². The van der Waals surface area contributed by atoms with Crippen LogP contribution in [0.25, 0.3) is 0 Å². The fourth-order valence-corrected chi connectivity index (χ4v) is 2.42. The predicted octanol–water partition coefficient (Wildman–Crippen LogP) is 2.33. The SMILES string of the molecule is COC(=O)CC[C@@H](NC(=O)c1ccc(Br)cc1Cl)C(=O)OC. The van der Waals surface area contributed by atoms with E-state index in [-0.39, 0.29) is 23.4 Å². The summed E-state index contributed by atoms with van der Waals surface area (Å²) in [7, 11) is 2.45. The Morgan fingerprint density at radius 1 is 1.27 bits per heavy atom. The largest absolute Gasteiger partial charge is 0.469 e. The molecule has 1 aromatic carbocycles. The molecule has 0 aliphatic heterocycles. The molecule has 6 nitrogen and oxygen atoms in total. The molecular formula is C14H15BrClNO5. The Kier molecular flexibility index (Phi) is 7.34. The number of benzene rings is 1. The summed E-state index contributed by atoms with van der Waals surface area (Å²) in [6.07, 6.45) is 0.0455. The number of ether oxygens (including phenoxy) is 2. The molecule has 1 atom stereocenters. The summed E-state index contributed by atoms with van der Waals surface area (Å²) in [5.41, 5.74) is 0.219. The van der Waals surface area contributed by atoms with Crippen molar-refractivity contribution in [2.24, 2.45) is 0 Å². The Morgan fingerprint density at radius 2 is 1.95 bits per heavy atom. The highest BCUT2D eigenvalue weighted by Gasteiger charge is 2.24. The summed E-state index contributed by atoms with van der Waals surface area (Å²) in [5, 5.41) is 2.74. The molecule has 0 saturated carbocycles. The smallest absolute Gasteiger partial charge is 0.328 e. The first kappa shape index (κ1) is 18.4. The number of nitrogens with one attached hydrogen (secondary N) is 1. The molecule has 0 unspecified atom stereocenters. The van der Waals surface area contributed by atoms with Crippen molar-refractivity contribution >= 4 is 45.4 Å². The van der Waals surface area contributed by atoms with E-state index in [1.807, 2.05) is 0 Å². The maximum Gasteiger partial charge on any atom is 0.328 e. The van der Waals surface area contributed by atoms with E-state index in [1.54, 1.807) is 12.1 Å². The number of halogens is 2. The quantitative estimate of drug-likeness (QED) is 0.751. The average molecular weight is 393 g/mol. The van der Waals surface area contributed by atoms with E-state index < -0.39 is 23.9 Å². The van der Waals surface area contributed by atoms with E-state index in [4.69, 9.17) is 11.6 Å². The Balaban J connectivity index is 2.81. The molecule has 1 aromatic rings. The Bertz CT molecular complexity index is 578. The van der Waals surface area contributed by atoms with Crippen molar-refractivity contribution in [1.82, 2.24) is 5.32 Å². The molecule has 0 spiro atoms.